The Morgan fingerprint density at radius 3 is 2.48 bits per heavy atom. The molecule has 0 saturated carbocycles. The van der Waals surface area contributed by atoms with Crippen molar-refractivity contribution in [3.8, 4) is 11.1 Å². The molecule has 3 heteroatoms. The van der Waals surface area contributed by atoms with Gasteiger partial charge in [0, 0.05) is 6.04 Å². The van der Waals surface area contributed by atoms with Crippen molar-refractivity contribution >= 4 is 0 Å². The number of hydrogen-bond donors (Lipinski definition) is 1. The smallest absolute Gasteiger partial charge is 0.142 e. The average molecular weight is 283 g/mol. The van der Waals surface area contributed by atoms with Crippen LogP contribution in [0.25, 0.3) is 11.1 Å². The van der Waals surface area contributed by atoms with Gasteiger partial charge in [-0.05, 0) is 30.7 Å². The SMILES string of the molecule is C[C@@H](CO)N(C)C1OC1c1ccccc1-c1ccccc1. The van der Waals surface area contributed by atoms with Gasteiger partial charge in [-0.15, -0.1) is 0 Å². The fourth-order valence-corrected chi connectivity index (χ4v) is 2.65. The maximum atomic E-state index is 9.27. The van der Waals surface area contributed by atoms with E-state index in [9.17, 15) is 5.11 Å². The highest BCUT2D eigenvalue weighted by atomic mass is 16.6. The lowest BCUT2D eigenvalue weighted by molar-refractivity contribution is 0.113. The molecule has 1 heterocycles. The molecule has 1 fully saturated rings. The predicted octanol–water partition coefficient (Wildman–Crippen LogP) is 3.06. The molecule has 2 unspecified atom stereocenters. The maximum absolute atomic E-state index is 9.27. The van der Waals surface area contributed by atoms with Gasteiger partial charge in [0.2, 0.25) is 0 Å². The van der Waals surface area contributed by atoms with E-state index >= 15 is 0 Å². The molecule has 0 bridgehead atoms. The summed E-state index contributed by atoms with van der Waals surface area (Å²) in [4.78, 5) is 2.09. The molecule has 0 radical (unpaired) electrons. The van der Waals surface area contributed by atoms with E-state index in [4.69, 9.17) is 4.74 Å². The summed E-state index contributed by atoms with van der Waals surface area (Å²) in [5.74, 6) is 0. The number of benzene rings is 2. The van der Waals surface area contributed by atoms with Gasteiger partial charge >= 0.3 is 0 Å². The Morgan fingerprint density at radius 1 is 1.10 bits per heavy atom. The largest absolute Gasteiger partial charge is 0.395 e. The van der Waals surface area contributed by atoms with E-state index in [1.165, 1.54) is 16.7 Å². The lowest BCUT2D eigenvalue weighted by Gasteiger charge is -2.20. The van der Waals surface area contributed by atoms with Crippen molar-refractivity contribution in [2.75, 3.05) is 13.7 Å². The third-order valence-electron chi connectivity index (χ3n) is 4.18. The van der Waals surface area contributed by atoms with Gasteiger partial charge in [-0.3, -0.25) is 4.90 Å². The number of rotatable bonds is 5. The van der Waals surface area contributed by atoms with Crippen molar-refractivity contribution in [3.05, 3.63) is 60.2 Å². The summed E-state index contributed by atoms with van der Waals surface area (Å²) in [6.45, 7) is 2.14. The Balaban J connectivity index is 1.85. The van der Waals surface area contributed by atoms with Crippen molar-refractivity contribution in [3.63, 3.8) is 0 Å². The van der Waals surface area contributed by atoms with E-state index in [2.05, 4.69) is 53.4 Å². The molecule has 0 aromatic heterocycles. The van der Waals surface area contributed by atoms with Crippen molar-refractivity contribution in [1.82, 2.24) is 4.90 Å². The second kappa shape index (κ2) is 5.98. The molecule has 0 amide bonds. The Hall–Kier alpha value is -1.68. The quantitative estimate of drug-likeness (QED) is 0.857. The zero-order valence-corrected chi connectivity index (χ0v) is 12.4. The topological polar surface area (TPSA) is 36.0 Å². The zero-order chi connectivity index (χ0) is 14.8. The van der Waals surface area contributed by atoms with Crippen LogP contribution >= 0.6 is 0 Å². The van der Waals surface area contributed by atoms with E-state index in [-0.39, 0.29) is 25.0 Å². The number of aliphatic hydroxyl groups is 1. The van der Waals surface area contributed by atoms with Crippen molar-refractivity contribution < 1.29 is 9.84 Å². The monoisotopic (exact) mass is 283 g/mol. The van der Waals surface area contributed by atoms with Gasteiger partial charge in [-0.25, -0.2) is 0 Å². The van der Waals surface area contributed by atoms with Gasteiger partial charge in [-0.1, -0.05) is 54.6 Å². The van der Waals surface area contributed by atoms with Crippen molar-refractivity contribution in [1.29, 1.82) is 0 Å². The third kappa shape index (κ3) is 2.86. The number of likely N-dealkylation sites (N-methyl/N-ethyl adjacent to an activating group) is 1. The first kappa shape index (κ1) is 14.3. The number of hydrogen-bond acceptors (Lipinski definition) is 3. The van der Waals surface area contributed by atoms with Gasteiger partial charge in [0.1, 0.15) is 12.3 Å². The van der Waals surface area contributed by atoms with Gasteiger partial charge in [0.05, 0.1) is 6.61 Å². The molecule has 0 aliphatic carbocycles. The van der Waals surface area contributed by atoms with Gasteiger partial charge in [0.15, 0.2) is 0 Å². The number of nitrogens with zero attached hydrogens (tertiary/aromatic N) is 1. The van der Waals surface area contributed by atoms with Crippen LogP contribution in [0.3, 0.4) is 0 Å². The molecule has 2 aromatic rings. The molecule has 2 aromatic carbocycles. The molecule has 1 saturated heterocycles. The maximum Gasteiger partial charge on any atom is 0.142 e. The summed E-state index contributed by atoms with van der Waals surface area (Å²) in [6, 6.07) is 18.9. The van der Waals surface area contributed by atoms with E-state index in [0.29, 0.717) is 0 Å². The fraction of sp³-hybridized carbons (Fsp3) is 0.333. The molecule has 21 heavy (non-hydrogen) atoms. The first-order valence-corrected chi connectivity index (χ1v) is 7.35. The van der Waals surface area contributed by atoms with Crippen LogP contribution in [-0.2, 0) is 4.74 Å². The molecule has 1 aliphatic heterocycles. The number of epoxide rings is 1. The normalized spacial score (nSPS) is 22.3. The first-order valence-electron chi connectivity index (χ1n) is 7.35. The number of aliphatic hydroxyl groups excluding tert-OH is 1. The first-order chi connectivity index (χ1) is 10.2. The Labute approximate surface area is 125 Å². The molecule has 3 nitrogen and oxygen atoms in total. The fourth-order valence-electron chi connectivity index (χ4n) is 2.65. The van der Waals surface area contributed by atoms with Crippen LogP contribution in [0, 0.1) is 0 Å². The summed E-state index contributed by atoms with van der Waals surface area (Å²) in [7, 11) is 2.00. The highest BCUT2D eigenvalue weighted by Gasteiger charge is 2.45. The molecular formula is C18H21NO2. The Kier molecular flexibility index (Phi) is 4.06. The molecule has 3 rings (SSSR count). The minimum atomic E-state index is 0.0528. The van der Waals surface area contributed by atoms with Gasteiger partial charge < -0.3 is 9.84 Å². The van der Waals surface area contributed by atoms with Crippen LogP contribution < -0.4 is 0 Å². The van der Waals surface area contributed by atoms with Gasteiger partial charge in [0.25, 0.3) is 0 Å². The minimum Gasteiger partial charge on any atom is -0.395 e. The third-order valence-corrected chi connectivity index (χ3v) is 4.18. The Morgan fingerprint density at radius 2 is 1.76 bits per heavy atom. The number of ether oxygens (including phenoxy) is 1. The second-order valence-electron chi connectivity index (χ2n) is 5.60. The van der Waals surface area contributed by atoms with Crippen molar-refractivity contribution in [2.45, 2.75) is 25.3 Å². The highest BCUT2D eigenvalue weighted by molar-refractivity contribution is 5.68. The minimum absolute atomic E-state index is 0.0528. The average Bonchev–Trinajstić information content (AvgIpc) is 3.34. The van der Waals surface area contributed by atoms with E-state index in [0.717, 1.165) is 0 Å². The van der Waals surface area contributed by atoms with Crippen LogP contribution in [0.2, 0.25) is 0 Å². The molecule has 110 valence electrons. The molecular weight excluding hydrogens is 262 g/mol. The van der Waals surface area contributed by atoms with E-state index in [1.54, 1.807) is 0 Å². The van der Waals surface area contributed by atoms with E-state index in [1.807, 2.05) is 20.0 Å². The van der Waals surface area contributed by atoms with Crippen LogP contribution in [0.5, 0.6) is 0 Å². The zero-order valence-electron chi connectivity index (χ0n) is 12.4. The molecule has 1 N–H and O–H groups in total. The van der Waals surface area contributed by atoms with Crippen LogP contribution in [0.4, 0.5) is 0 Å². The summed E-state index contributed by atoms with van der Waals surface area (Å²) >= 11 is 0. The van der Waals surface area contributed by atoms with Crippen LogP contribution in [-0.4, -0.2) is 35.9 Å². The predicted molar refractivity (Wildman–Crippen MR) is 83.8 cm³/mol. The lowest BCUT2D eigenvalue weighted by atomic mass is 9.97. The molecule has 0 spiro atoms. The standard InChI is InChI=1S/C18H21NO2/c1-13(12-20)19(2)18-17(21-18)16-11-7-6-10-15(16)14-8-4-3-5-9-14/h3-11,13,17-18,20H,12H2,1-2H3/t13-,17?,18?/m0/s1. The van der Waals surface area contributed by atoms with E-state index < -0.39 is 0 Å². The summed E-state index contributed by atoms with van der Waals surface area (Å²) in [6.07, 6.45) is 0.136. The molecule has 3 atom stereocenters. The van der Waals surface area contributed by atoms with Crippen LogP contribution in [0.15, 0.2) is 54.6 Å². The molecule has 1 aliphatic rings. The summed E-state index contributed by atoms with van der Waals surface area (Å²) in [5, 5.41) is 9.27. The Bertz CT molecular complexity index is 599. The lowest BCUT2D eigenvalue weighted by Crippen LogP contribution is -2.34. The summed E-state index contributed by atoms with van der Waals surface area (Å²) in [5.41, 5.74) is 3.64. The highest BCUT2D eigenvalue weighted by Crippen LogP contribution is 2.44. The second-order valence-corrected chi connectivity index (χ2v) is 5.60. The van der Waals surface area contributed by atoms with Gasteiger partial charge in [-0.2, -0.15) is 0 Å². The van der Waals surface area contributed by atoms with Crippen LogP contribution in [0.1, 0.15) is 18.6 Å². The summed E-state index contributed by atoms with van der Waals surface area (Å²) < 4.78 is 5.86. The van der Waals surface area contributed by atoms with Crippen molar-refractivity contribution in [2.24, 2.45) is 0 Å².